The fraction of sp³-hybridized carbons (Fsp3) is 0.966. The van der Waals surface area contributed by atoms with Crippen LogP contribution >= 0.6 is 0 Å². The second kappa shape index (κ2) is 11.3. The maximum Gasteiger partial charge on any atom is 1.00 e. The van der Waals surface area contributed by atoms with Gasteiger partial charge in [-0.2, -0.15) is 0 Å². The Morgan fingerprint density at radius 1 is 1.03 bits per heavy atom. The number of fused-ring (bicyclic) bond motifs is 5. The SMILES string of the molecule is C[C@@H]1CC[C@@]2(C)[C@@H](C1)C[C@H](OS(=O)(=O)[O-])[C@@H]1[C@@H]2CC[C@]2(C)[C@@H]([C@H](C)CCC(=O)N3CCCC3)CC[C@@H]12.[Na+]. The van der Waals surface area contributed by atoms with Crippen LogP contribution < -0.4 is 29.6 Å². The monoisotopic (exact) mass is 545 g/mol. The van der Waals surface area contributed by atoms with Crippen molar-refractivity contribution in [3.05, 3.63) is 0 Å². The minimum Gasteiger partial charge on any atom is -0.726 e. The molecule has 4 saturated carbocycles. The number of carbonyl (C=O) groups is 1. The summed E-state index contributed by atoms with van der Waals surface area (Å²) in [6.07, 6.45) is 12.1. The van der Waals surface area contributed by atoms with E-state index in [1.807, 2.05) is 4.90 Å². The van der Waals surface area contributed by atoms with E-state index >= 15 is 0 Å². The van der Waals surface area contributed by atoms with Gasteiger partial charge in [0.05, 0.1) is 6.10 Å². The third kappa shape index (κ3) is 5.75. The molecule has 5 fully saturated rings. The molecule has 1 aliphatic heterocycles. The molecular weight excluding hydrogens is 497 g/mol. The Kier molecular flexibility index (Phi) is 9.26. The molecular formula is C29H48NNaO5S. The van der Waals surface area contributed by atoms with Crippen LogP contribution in [0.25, 0.3) is 0 Å². The molecule has 0 N–H and O–H groups in total. The molecule has 8 heteroatoms. The van der Waals surface area contributed by atoms with Crippen LogP contribution in [0, 0.1) is 52.3 Å². The van der Waals surface area contributed by atoms with E-state index in [-0.39, 0.29) is 46.3 Å². The first-order valence-corrected chi connectivity index (χ1v) is 16.2. The van der Waals surface area contributed by atoms with Crippen LogP contribution in [-0.4, -0.2) is 43.0 Å². The predicted molar refractivity (Wildman–Crippen MR) is 139 cm³/mol. The van der Waals surface area contributed by atoms with Crippen molar-refractivity contribution in [1.29, 1.82) is 0 Å². The number of hydrogen-bond acceptors (Lipinski definition) is 5. The molecule has 0 bridgehead atoms. The average molecular weight is 546 g/mol. The van der Waals surface area contributed by atoms with Gasteiger partial charge in [0.25, 0.3) is 0 Å². The first-order chi connectivity index (χ1) is 16.9. The second-order valence-corrected chi connectivity index (χ2v) is 15.0. The van der Waals surface area contributed by atoms with Crippen LogP contribution in [0.3, 0.4) is 0 Å². The van der Waals surface area contributed by atoms with Gasteiger partial charge in [-0.3, -0.25) is 8.98 Å². The minimum absolute atomic E-state index is 0. The predicted octanol–water partition coefficient (Wildman–Crippen LogP) is 2.78. The van der Waals surface area contributed by atoms with Gasteiger partial charge in [0, 0.05) is 19.5 Å². The quantitative estimate of drug-likeness (QED) is 0.291. The van der Waals surface area contributed by atoms with Gasteiger partial charge in [-0.15, -0.1) is 0 Å². The fourth-order valence-electron chi connectivity index (χ4n) is 10.3. The van der Waals surface area contributed by atoms with Gasteiger partial charge >= 0.3 is 29.6 Å². The first-order valence-electron chi connectivity index (χ1n) is 14.8. The number of hydrogen-bond donors (Lipinski definition) is 0. The second-order valence-electron chi connectivity index (χ2n) is 14.0. The van der Waals surface area contributed by atoms with Crippen molar-refractivity contribution in [2.24, 2.45) is 52.3 Å². The summed E-state index contributed by atoms with van der Waals surface area (Å²) in [5.74, 6) is 3.37. The molecule has 206 valence electrons. The molecule has 0 aromatic carbocycles. The maximum atomic E-state index is 12.7. The standard InChI is InChI=1S/C29H49NO5S.Na/c1-19-11-13-28(3)21(17-19)18-25(35-36(32,33)34)27-23-9-8-22(29(23,4)14-12-24(27)28)20(2)7-10-26(31)30-15-5-6-16-30;/h19-25,27H,5-18H2,1-4H3,(H,32,33,34);/q;+1/p-1/t19-,20-,21+,22-,23+,24+,25+,27+,28+,29-;/m1./s1. The van der Waals surface area contributed by atoms with Crippen LogP contribution in [0.15, 0.2) is 0 Å². The van der Waals surface area contributed by atoms with Crippen molar-refractivity contribution in [3.8, 4) is 0 Å². The molecule has 0 unspecified atom stereocenters. The molecule has 0 aromatic rings. The summed E-state index contributed by atoms with van der Waals surface area (Å²) in [6, 6.07) is 0. The minimum atomic E-state index is -4.74. The van der Waals surface area contributed by atoms with Gasteiger partial charge in [-0.1, -0.05) is 34.1 Å². The largest absolute Gasteiger partial charge is 1.00 e. The molecule has 6 nitrogen and oxygen atoms in total. The van der Waals surface area contributed by atoms with E-state index in [9.17, 15) is 17.8 Å². The van der Waals surface area contributed by atoms with Gasteiger partial charge in [0.15, 0.2) is 0 Å². The summed E-state index contributed by atoms with van der Waals surface area (Å²) in [5, 5.41) is 0. The van der Waals surface area contributed by atoms with Crippen LogP contribution in [-0.2, 0) is 19.4 Å². The van der Waals surface area contributed by atoms with E-state index in [0.29, 0.717) is 54.3 Å². The third-order valence-corrected chi connectivity index (χ3v) is 12.7. The Morgan fingerprint density at radius 3 is 2.35 bits per heavy atom. The Hall–Kier alpha value is 0.340. The molecule has 1 heterocycles. The molecule has 0 spiro atoms. The number of nitrogens with zero attached hydrogens (tertiary/aromatic N) is 1. The van der Waals surface area contributed by atoms with Gasteiger partial charge in [-0.25, -0.2) is 8.42 Å². The molecule has 1 amide bonds. The van der Waals surface area contributed by atoms with Gasteiger partial charge in [-0.05, 0) is 116 Å². The summed E-state index contributed by atoms with van der Waals surface area (Å²) >= 11 is 0. The van der Waals surface area contributed by atoms with E-state index in [1.54, 1.807) is 0 Å². The van der Waals surface area contributed by atoms with Crippen molar-refractivity contribution in [2.75, 3.05) is 13.1 Å². The van der Waals surface area contributed by atoms with Gasteiger partial charge in [0.1, 0.15) is 0 Å². The van der Waals surface area contributed by atoms with Gasteiger partial charge in [0.2, 0.25) is 16.3 Å². The molecule has 0 aromatic heterocycles. The van der Waals surface area contributed by atoms with E-state index < -0.39 is 16.5 Å². The van der Waals surface area contributed by atoms with Crippen LogP contribution in [0.1, 0.15) is 105 Å². The van der Waals surface area contributed by atoms with Crippen molar-refractivity contribution in [3.63, 3.8) is 0 Å². The van der Waals surface area contributed by atoms with Crippen molar-refractivity contribution >= 4 is 16.3 Å². The van der Waals surface area contributed by atoms with E-state index in [4.69, 9.17) is 4.18 Å². The maximum absolute atomic E-state index is 12.7. The molecule has 5 aliphatic rings. The average Bonchev–Trinajstić information content (AvgIpc) is 3.45. The van der Waals surface area contributed by atoms with E-state index in [2.05, 4.69) is 27.7 Å². The molecule has 37 heavy (non-hydrogen) atoms. The topological polar surface area (TPSA) is 86.7 Å². The smallest absolute Gasteiger partial charge is 0.726 e. The Balaban J connectivity index is 0.00000320. The summed E-state index contributed by atoms with van der Waals surface area (Å²) in [6.45, 7) is 11.4. The Bertz CT molecular complexity index is 939. The van der Waals surface area contributed by atoms with Crippen LogP contribution in [0.4, 0.5) is 0 Å². The molecule has 0 radical (unpaired) electrons. The fourth-order valence-corrected chi connectivity index (χ4v) is 10.8. The zero-order valence-corrected chi connectivity index (χ0v) is 26.7. The van der Waals surface area contributed by atoms with Crippen LogP contribution in [0.5, 0.6) is 0 Å². The molecule has 5 rings (SSSR count). The number of rotatable bonds is 6. The van der Waals surface area contributed by atoms with Crippen molar-refractivity contribution < 1.29 is 51.5 Å². The summed E-state index contributed by atoms with van der Waals surface area (Å²) in [5.41, 5.74) is 0.341. The first kappa shape index (κ1) is 30.3. The molecule has 1 saturated heterocycles. The van der Waals surface area contributed by atoms with Crippen LogP contribution in [0.2, 0.25) is 0 Å². The molecule has 10 atom stereocenters. The Labute approximate surface area is 247 Å². The van der Waals surface area contributed by atoms with Gasteiger partial charge < -0.3 is 9.45 Å². The summed E-state index contributed by atoms with van der Waals surface area (Å²) < 4.78 is 41.0. The van der Waals surface area contributed by atoms with Crippen molar-refractivity contribution in [2.45, 2.75) is 111 Å². The number of carbonyl (C=O) groups excluding carboxylic acids is 1. The van der Waals surface area contributed by atoms with E-state index in [1.165, 1.54) is 19.3 Å². The molecule has 4 aliphatic carbocycles. The van der Waals surface area contributed by atoms with E-state index in [0.717, 1.165) is 58.0 Å². The van der Waals surface area contributed by atoms with Crippen molar-refractivity contribution in [1.82, 2.24) is 4.90 Å². The number of amides is 1. The summed E-state index contributed by atoms with van der Waals surface area (Å²) in [4.78, 5) is 14.7. The summed E-state index contributed by atoms with van der Waals surface area (Å²) in [7, 11) is -4.74. The third-order valence-electron chi connectivity index (χ3n) is 12.2. The Morgan fingerprint density at radius 2 is 1.68 bits per heavy atom. The number of likely N-dealkylation sites (tertiary alicyclic amines) is 1. The zero-order valence-electron chi connectivity index (χ0n) is 23.9. The zero-order chi connectivity index (χ0) is 25.9. The normalized spacial score (nSPS) is 44.4.